The maximum atomic E-state index is 6.42. The molecule has 1 aliphatic rings. The maximum Gasteiger partial charge on any atom is 0.0427 e. The second-order valence-electron chi connectivity index (χ2n) is 5.80. The Morgan fingerprint density at radius 1 is 1.38 bits per heavy atom. The van der Waals surface area contributed by atoms with Crippen molar-refractivity contribution in [2.24, 2.45) is 11.7 Å². The summed E-state index contributed by atoms with van der Waals surface area (Å²) in [4.78, 5) is 0. The topological polar surface area (TPSA) is 30.9 Å². The van der Waals surface area contributed by atoms with Crippen LogP contribution in [0.5, 0.6) is 0 Å². The fourth-order valence-electron chi connectivity index (χ4n) is 2.78. The van der Waals surface area contributed by atoms with E-state index < -0.39 is 0 Å². The highest BCUT2D eigenvalue weighted by atomic mass is 15.0. The van der Waals surface area contributed by atoms with Crippen LogP contribution in [-0.2, 0) is 12.1 Å². The SMILES string of the molecule is Cc1cc(C2(N)CCC2)c(C)n1CC(C)C. The first kappa shape index (κ1) is 11.7. The Morgan fingerprint density at radius 3 is 2.44 bits per heavy atom. The number of rotatable bonds is 3. The lowest BCUT2D eigenvalue weighted by atomic mass is 9.73. The van der Waals surface area contributed by atoms with E-state index in [0.717, 1.165) is 19.4 Å². The van der Waals surface area contributed by atoms with E-state index in [0.29, 0.717) is 5.92 Å². The summed E-state index contributed by atoms with van der Waals surface area (Å²) >= 11 is 0. The van der Waals surface area contributed by atoms with Crippen molar-refractivity contribution < 1.29 is 0 Å². The maximum absolute atomic E-state index is 6.42. The first-order chi connectivity index (χ1) is 7.44. The molecule has 1 aromatic heterocycles. The summed E-state index contributed by atoms with van der Waals surface area (Å²) in [5, 5.41) is 0. The number of hydrogen-bond acceptors (Lipinski definition) is 1. The minimum Gasteiger partial charge on any atom is -0.349 e. The minimum absolute atomic E-state index is 0.0168. The third-order valence-electron chi connectivity index (χ3n) is 3.90. The molecular weight excluding hydrogens is 196 g/mol. The van der Waals surface area contributed by atoms with Gasteiger partial charge in [-0.3, -0.25) is 0 Å². The molecule has 0 unspecified atom stereocenters. The fourth-order valence-corrected chi connectivity index (χ4v) is 2.78. The van der Waals surface area contributed by atoms with Crippen LogP contribution < -0.4 is 5.73 Å². The van der Waals surface area contributed by atoms with E-state index >= 15 is 0 Å². The molecule has 0 aromatic carbocycles. The largest absolute Gasteiger partial charge is 0.349 e. The molecule has 2 heteroatoms. The lowest BCUT2D eigenvalue weighted by molar-refractivity contribution is 0.252. The summed E-state index contributed by atoms with van der Waals surface area (Å²) in [6.45, 7) is 10.0. The highest BCUT2D eigenvalue weighted by molar-refractivity contribution is 5.35. The zero-order chi connectivity index (χ0) is 11.9. The molecule has 0 amide bonds. The van der Waals surface area contributed by atoms with Gasteiger partial charge in [0.2, 0.25) is 0 Å². The summed E-state index contributed by atoms with van der Waals surface area (Å²) in [6.07, 6.45) is 3.59. The van der Waals surface area contributed by atoms with E-state index in [9.17, 15) is 0 Å². The van der Waals surface area contributed by atoms with Gasteiger partial charge in [-0.15, -0.1) is 0 Å². The first-order valence-electron chi connectivity index (χ1n) is 6.40. The molecular formula is C14H24N2. The molecule has 90 valence electrons. The number of aromatic nitrogens is 1. The van der Waals surface area contributed by atoms with Gasteiger partial charge in [0.1, 0.15) is 0 Å². The summed E-state index contributed by atoms with van der Waals surface area (Å²) < 4.78 is 2.42. The molecule has 2 rings (SSSR count). The summed E-state index contributed by atoms with van der Waals surface area (Å²) in [5.41, 5.74) is 10.5. The number of aryl methyl sites for hydroxylation is 1. The Bertz CT molecular complexity index is 384. The van der Waals surface area contributed by atoms with Crippen LogP contribution in [0.3, 0.4) is 0 Å². The van der Waals surface area contributed by atoms with Crippen LogP contribution in [0.4, 0.5) is 0 Å². The van der Waals surface area contributed by atoms with Crippen LogP contribution in [0.15, 0.2) is 6.07 Å². The summed E-state index contributed by atoms with van der Waals surface area (Å²) in [5.74, 6) is 0.688. The van der Waals surface area contributed by atoms with E-state index in [1.807, 2.05) is 0 Å². The number of hydrogen-bond donors (Lipinski definition) is 1. The van der Waals surface area contributed by atoms with Gasteiger partial charge in [-0.2, -0.15) is 0 Å². The average molecular weight is 220 g/mol. The van der Waals surface area contributed by atoms with Gasteiger partial charge in [-0.1, -0.05) is 13.8 Å². The van der Waals surface area contributed by atoms with Crippen molar-refractivity contribution in [1.82, 2.24) is 4.57 Å². The third kappa shape index (κ3) is 1.80. The standard InChI is InChI=1S/C14H24N2/c1-10(2)9-16-11(3)8-13(12(16)4)14(15)6-5-7-14/h8,10H,5-7,9,15H2,1-4H3. The predicted molar refractivity (Wildman–Crippen MR) is 68.5 cm³/mol. The molecule has 2 nitrogen and oxygen atoms in total. The second-order valence-corrected chi connectivity index (χ2v) is 5.80. The van der Waals surface area contributed by atoms with Crippen LogP contribution in [0, 0.1) is 19.8 Å². The molecule has 1 fully saturated rings. The lowest BCUT2D eigenvalue weighted by Gasteiger charge is -2.38. The van der Waals surface area contributed by atoms with Crippen molar-refractivity contribution in [2.45, 2.75) is 59.0 Å². The van der Waals surface area contributed by atoms with E-state index in [4.69, 9.17) is 5.73 Å². The smallest absolute Gasteiger partial charge is 0.0427 e. The highest BCUT2D eigenvalue weighted by Gasteiger charge is 2.36. The monoisotopic (exact) mass is 220 g/mol. The molecule has 0 spiro atoms. The summed E-state index contributed by atoms with van der Waals surface area (Å²) in [7, 11) is 0. The first-order valence-corrected chi connectivity index (χ1v) is 6.40. The molecule has 16 heavy (non-hydrogen) atoms. The molecule has 0 aliphatic heterocycles. The van der Waals surface area contributed by atoms with E-state index in [1.54, 1.807) is 0 Å². The molecule has 1 aliphatic carbocycles. The van der Waals surface area contributed by atoms with Crippen molar-refractivity contribution >= 4 is 0 Å². The van der Waals surface area contributed by atoms with E-state index in [1.165, 1.54) is 23.4 Å². The van der Waals surface area contributed by atoms with Gasteiger partial charge in [0.15, 0.2) is 0 Å². The fraction of sp³-hybridized carbons (Fsp3) is 0.714. The van der Waals surface area contributed by atoms with Gasteiger partial charge in [-0.05, 0) is 50.7 Å². The van der Waals surface area contributed by atoms with Gasteiger partial charge >= 0.3 is 0 Å². The van der Waals surface area contributed by atoms with Crippen molar-refractivity contribution in [1.29, 1.82) is 0 Å². The van der Waals surface area contributed by atoms with Crippen LogP contribution in [0.25, 0.3) is 0 Å². The van der Waals surface area contributed by atoms with Crippen LogP contribution >= 0.6 is 0 Å². The van der Waals surface area contributed by atoms with E-state index in [2.05, 4.69) is 38.3 Å². The van der Waals surface area contributed by atoms with Crippen LogP contribution in [-0.4, -0.2) is 4.57 Å². The molecule has 0 saturated heterocycles. The Morgan fingerprint density at radius 2 is 2.00 bits per heavy atom. The normalized spacial score (nSPS) is 18.9. The Balaban J connectivity index is 2.34. The molecule has 2 N–H and O–H groups in total. The molecule has 1 heterocycles. The van der Waals surface area contributed by atoms with E-state index in [-0.39, 0.29) is 5.54 Å². The van der Waals surface area contributed by atoms with Crippen molar-refractivity contribution in [2.75, 3.05) is 0 Å². The van der Waals surface area contributed by atoms with Gasteiger partial charge in [0.05, 0.1) is 0 Å². The zero-order valence-corrected chi connectivity index (χ0v) is 11.0. The zero-order valence-electron chi connectivity index (χ0n) is 11.0. The van der Waals surface area contributed by atoms with Gasteiger partial charge in [-0.25, -0.2) is 0 Å². The Hall–Kier alpha value is -0.760. The van der Waals surface area contributed by atoms with Crippen LogP contribution in [0.2, 0.25) is 0 Å². The Labute approximate surface area is 98.8 Å². The predicted octanol–water partition coefficient (Wildman–Crippen LogP) is 3.10. The minimum atomic E-state index is -0.0168. The quantitative estimate of drug-likeness (QED) is 0.833. The third-order valence-corrected chi connectivity index (χ3v) is 3.90. The molecule has 1 saturated carbocycles. The van der Waals surface area contributed by atoms with Crippen LogP contribution in [0.1, 0.15) is 50.1 Å². The van der Waals surface area contributed by atoms with Gasteiger partial charge in [0.25, 0.3) is 0 Å². The average Bonchev–Trinajstić information content (AvgIpc) is 2.42. The van der Waals surface area contributed by atoms with Crippen molar-refractivity contribution in [3.63, 3.8) is 0 Å². The van der Waals surface area contributed by atoms with Crippen molar-refractivity contribution in [3.8, 4) is 0 Å². The summed E-state index contributed by atoms with van der Waals surface area (Å²) in [6, 6.07) is 2.30. The molecule has 0 atom stereocenters. The lowest BCUT2D eigenvalue weighted by Crippen LogP contribution is -2.43. The van der Waals surface area contributed by atoms with Gasteiger partial charge < -0.3 is 10.3 Å². The van der Waals surface area contributed by atoms with Gasteiger partial charge in [0, 0.05) is 23.5 Å². The number of nitrogens with two attached hydrogens (primary N) is 1. The second kappa shape index (κ2) is 3.92. The Kier molecular flexibility index (Phi) is 2.87. The van der Waals surface area contributed by atoms with Crippen molar-refractivity contribution in [3.05, 3.63) is 23.0 Å². The number of nitrogens with zero attached hydrogens (tertiary/aromatic N) is 1. The molecule has 0 bridgehead atoms. The molecule has 0 radical (unpaired) electrons. The highest BCUT2D eigenvalue weighted by Crippen LogP contribution is 2.41. The molecule has 1 aromatic rings.